The van der Waals surface area contributed by atoms with Crippen LogP contribution in [0.15, 0.2) is 30.7 Å². The van der Waals surface area contributed by atoms with Gasteiger partial charge in [-0.3, -0.25) is 0 Å². The van der Waals surface area contributed by atoms with Crippen molar-refractivity contribution < 1.29 is 0 Å². The topological polar surface area (TPSA) is 17.3 Å². The molecule has 2 nitrogen and oxygen atoms in total. The SMILES string of the molecule is Ic1ncn2ccccc12. The largest absolute Gasteiger partial charge is 0.305 e. The normalized spacial score (nSPS) is 10.5. The Kier molecular flexibility index (Phi) is 1.37. The van der Waals surface area contributed by atoms with E-state index in [0.29, 0.717) is 0 Å². The molecule has 0 aromatic carbocycles. The minimum atomic E-state index is 1.05. The summed E-state index contributed by atoms with van der Waals surface area (Å²) in [7, 11) is 0. The van der Waals surface area contributed by atoms with E-state index >= 15 is 0 Å². The predicted molar refractivity (Wildman–Crippen MR) is 47.9 cm³/mol. The summed E-state index contributed by atoms with van der Waals surface area (Å²) in [5, 5.41) is 0. The molecule has 0 aliphatic heterocycles. The molecule has 0 bridgehead atoms. The highest BCUT2D eigenvalue weighted by atomic mass is 127. The summed E-state index contributed by atoms with van der Waals surface area (Å²) >= 11 is 2.22. The fourth-order valence-corrected chi connectivity index (χ4v) is 1.49. The number of hydrogen-bond acceptors (Lipinski definition) is 1. The highest BCUT2D eigenvalue weighted by Gasteiger charge is 1.95. The molecule has 0 saturated carbocycles. The Balaban J connectivity index is 2.93. The first-order valence-electron chi connectivity index (χ1n) is 2.95. The Hall–Kier alpha value is -0.580. The lowest BCUT2D eigenvalue weighted by Gasteiger charge is -1.88. The van der Waals surface area contributed by atoms with Crippen molar-refractivity contribution in [1.29, 1.82) is 0 Å². The van der Waals surface area contributed by atoms with Crippen molar-refractivity contribution in [2.75, 3.05) is 0 Å². The quantitative estimate of drug-likeness (QED) is 0.647. The fourth-order valence-electron chi connectivity index (χ4n) is 0.910. The minimum Gasteiger partial charge on any atom is -0.305 e. The molecule has 2 aromatic rings. The van der Waals surface area contributed by atoms with Crippen LogP contribution >= 0.6 is 22.6 Å². The molecular weight excluding hydrogens is 239 g/mol. The Morgan fingerprint density at radius 2 is 2.30 bits per heavy atom. The average molecular weight is 244 g/mol. The maximum absolute atomic E-state index is 4.15. The molecule has 0 saturated heterocycles. The van der Waals surface area contributed by atoms with Gasteiger partial charge < -0.3 is 4.40 Å². The summed E-state index contributed by atoms with van der Waals surface area (Å²) < 4.78 is 3.06. The molecule has 2 aromatic heterocycles. The van der Waals surface area contributed by atoms with Gasteiger partial charge in [-0.05, 0) is 34.7 Å². The van der Waals surface area contributed by atoms with Crippen LogP contribution in [0.3, 0.4) is 0 Å². The third-order valence-corrected chi connectivity index (χ3v) is 2.23. The van der Waals surface area contributed by atoms with Crippen LogP contribution in [0, 0.1) is 3.70 Å². The van der Waals surface area contributed by atoms with Crippen LogP contribution < -0.4 is 0 Å². The number of imidazole rings is 1. The smallest absolute Gasteiger partial charge is 0.127 e. The first-order valence-corrected chi connectivity index (χ1v) is 4.03. The van der Waals surface area contributed by atoms with Gasteiger partial charge in [0.15, 0.2) is 0 Å². The lowest BCUT2D eigenvalue weighted by atomic mass is 10.4. The second kappa shape index (κ2) is 2.23. The molecule has 0 unspecified atom stereocenters. The van der Waals surface area contributed by atoms with E-state index in [1.54, 1.807) is 0 Å². The van der Waals surface area contributed by atoms with E-state index in [0.717, 1.165) is 3.70 Å². The van der Waals surface area contributed by atoms with Crippen molar-refractivity contribution >= 4 is 28.1 Å². The Morgan fingerprint density at radius 1 is 1.40 bits per heavy atom. The summed E-state index contributed by atoms with van der Waals surface area (Å²) in [5.74, 6) is 0. The molecule has 3 heteroatoms. The molecule has 2 heterocycles. The molecule has 2 rings (SSSR count). The minimum absolute atomic E-state index is 1.05. The lowest BCUT2D eigenvalue weighted by Crippen LogP contribution is -1.77. The molecule has 0 fully saturated rings. The van der Waals surface area contributed by atoms with Crippen LogP contribution in [-0.4, -0.2) is 9.38 Å². The first-order chi connectivity index (χ1) is 4.88. The van der Waals surface area contributed by atoms with E-state index in [1.165, 1.54) is 5.52 Å². The molecule has 0 aliphatic rings. The van der Waals surface area contributed by atoms with E-state index in [4.69, 9.17) is 0 Å². The van der Waals surface area contributed by atoms with Crippen molar-refractivity contribution in [2.24, 2.45) is 0 Å². The van der Waals surface area contributed by atoms with Crippen molar-refractivity contribution in [3.05, 3.63) is 34.4 Å². The molecular formula is C7H5IN2. The predicted octanol–water partition coefficient (Wildman–Crippen LogP) is 1.94. The zero-order valence-electron chi connectivity index (χ0n) is 5.16. The number of fused-ring (bicyclic) bond motifs is 1. The Bertz CT molecular complexity index is 353. The zero-order valence-corrected chi connectivity index (χ0v) is 7.32. The summed E-state index contributed by atoms with van der Waals surface area (Å²) in [6.45, 7) is 0. The fraction of sp³-hybridized carbons (Fsp3) is 0. The molecule has 50 valence electrons. The second-order valence-electron chi connectivity index (χ2n) is 2.03. The molecule has 0 atom stereocenters. The van der Waals surface area contributed by atoms with Gasteiger partial charge in [0.2, 0.25) is 0 Å². The van der Waals surface area contributed by atoms with Gasteiger partial charge in [-0.1, -0.05) is 6.07 Å². The molecule has 0 amide bonds. The standard InChI is InChI=1S/C7H5IN2/c8-7-6-3-1-2-4-10(6)5-9-7/h1-5H. The molecule has 0 spiro atoms. The van der Waals surface area contributed by atoms with E-state index in [1.807, 2.05) is 29.1 Å². The summed E-state index contributed by atoms with van der Waals surface area (Å²) in [6, 6.07) is 6.05. The van der Waals surface area contributed by atoms with Gasteiger partial charge in [-0.2, -0.15) is 0 Å². The molecule has 0 radical (unpaired) electrons. The number of nitrogens with zero attached hydrogens (tertiary/aromatic N) is 2. The second-order valence-corrected chi connectivity index (χ2v) is 3.05. The van der Waals surface area contributed by atoms with Gasteiger partial charge in [0.05, 0.1) is 5.52 Å². The van der Waals surface area contributed by atoms with E-state index in [9.17, 15) is 0 Å². The van der Waals surface area contributed by atoms with E-state index in [2.05, 4.69) is 33.6 Å². The first kappa shape index (κ1) is 6.15. The van der Waals surface area contributed by atoms with E-state index < -0.39 is 0 Å². The highest BCUT2D eigenvalue weighted by Crippen LogP contribution is 2.09. The van der Waals surface area contributed by atoms with Crippen molar-refractivity contribution in [3.8, 4) is 0 Å². The number of aromatic nitrogens is 2. The zero-order chi connectivity index (χ0) is 6.97. The number of pyridine rings is 1. The van der Waals surface area contributed by atoms with Crippen molar-refractivity contribution in [1.82, 2.24) is 9.38 Å². The Morgan fingerprint density at radius 3 is 3.10 bits per heavy atom. The van der Waals surface area contributed by atoms with E-state index in [-0.39, 0.29) is 0 Å². The van der Waals surface area contributed by atoms with Crippen LogP contribution in [0.1, 0.15) is 0 Å². The maximum Gasteiger partial charge on any atom is 0.127 e. The summed E-state index contributed by atoms with van der Waals surface area (Å²) in [5.41, 5.74) is 1.17. The van der Waals surface area contributed by atoms with Gasteiger partial charge in [0, 0.05) is 6.20 Å². The number of hydrogen-bond donors (Lipinski definition) is 0. The van der Waals surface area contributed by atoms with Gasteiger partial charge in [-0.25, -0.2) is 4.98 Å². The Labute approximate surface area is 72.0 Å². The average Bonchev–Trinajstić information content (AvgIpc) is 2.34. The van der Waals surface area contributed by atoms with Crippen LogP contribution in [0.4, 0.5) is 0 Å². The monoisotopic (exact) mass is 244 g/mol. The van der Waals surface area contributed by atoms with Crippen molar-refractivity contribution in [2.45, 2.75) is 0 Å². The molecule has 0 aliphatic carbocycles. The van der Waals surface area contributed by atoms with Gasteiger partial charge >= 0.3 is 0 Å². The molecule has 0 N–H and O–H groups in total. The van der Waals surface area contributed by atoms with Gasteiger partial charge in [0.25, 0.3) is 0 Å². The van der Waals surface area contributed by atoms with Crippen LogP contribution in [-0.2, 0) is 0 Å². The highest BCUT2D eigenvalue weighted by molar-refractivity contribution is 14.1. The van der Waals surface area contributed by atoms with Crippen molar-refractivity contribution in [3.63, 3.8) is 0 Å². The molecule has 10 heavy (non-hydrogen) atoms. The summed E-state index contributed by atoms with van der Waals surface area (Å²) in [6.07, 6.45) is 3.81. The van der Waals surface area contributed by atoms with Gasteiger partial charge in [-0.15, -0.1) is 0 Å². The van der Waals surface area contributed by atoms with Crippen LogP contribution in [0.2, 0.25) is 0 Å². The van der Waals surface area contributed by atoms with Crippen LogP contribution in [0.25, 0.3) is 5.52 Å². The summed E-state index contributed by atoms with van der Waals surface area (Å²) in [4.78, 5) is 4.15. The number of rotatable bonds is 0. The lowest BCUT2D eigenvalue weighted by molar-refractivity contribution is 1.15. The van der Waals surface area contributed by atoms with Gasteiger partial charge in [0.1, 0.15) is 10.0 Å². The van der Waals surface area contributed by atoms with Crippen LogP contribution in [0.5, 0.6) is 0 Å². The number of halogens is 1. The third kappa shape index (κ3) is 0.811. The maximum atomic E-state index is 4.15. The third-order valence-electron chi connectivity index (χ3n) is 1.40.